The number of hydrogen-bond donors (Lipinski definition) is 1. The standard InChI is InChI=1S/C10H10O2.C2H6/c1-8-4-5-10(12)9(7-8)3-2-6-11;1-2/h2-7,12H,1H3;1-2H3/b3-2+;. The van der Waals surface area contributed by atoms with E-state index < -0.39 is 0 Å². The van der Waals surface area contributed by atoms with Crippen molar-refractivity contribution in [2.24, 2.45) is 0 Å². The van der Waals surface area contributed by atoms with Crippen molar-refractivity contribution >= 4 is 12.4 Å². The Kier molecular flexibility index (Phi) is 6.12. The van der Waals surface area contributed by atoms with Crippen molar-refractivity contribution in [1.29, 1.82) is 0 Å². The molecule has 0 amide bonds. The molecule has 1 aromatic carbocycles. The summed E-state index contributed by atoms with van der Waals surface area (Å²) in [5, 5.41) is 9.29. The molecule has 0 radical (unpaired) electrons. The highest BCUT2D eigenvalue weighted by Crippen LogP contribution is 2.18. The number of rotatable bonds is 2. The second-order valence-corrected chi connectivity index (χ2v) is 2.56. The summed E-state index contributed by atoms with van der Waals surface area (Å²) < 4.78 is 0. The Balaban J connectivity index is 0.000000791. The summed E-state index contributed by atoms with van der Waals surface area (Å²) in [6.45, 7) is 5.93. The lowest BCUT2D eigenvalue weighted by Crippen LogP contribution is -1.77. The van der Waals surface area contributed by atoms with Crippen LogP contribution in [0.3, 0.4) is 0 Å². The quantitative estimate of drug-likeness (QED) is 0.577. The number of phenols is 1. The summed E-state index contributed by atoms with van der Waals surface area (Å²) >= 11 is 0. The van der Waals surface area contributed by atoms with E-state index >= 15 is 0 Å². The zero-order valence-electron chi connectivity index (χ0n) is 8.82. The van der Waals surface area contributed by atoms with Crippen LogP contribution < -0.4 is 0 Å². The Labute approximate surface area is 84.9 Å². The molecule has 2 nitrogen and oxygen atoms in total. The number of carbonyl (C=O) groups is 1. The van der Waals surface area contributed by atoms with Crippen LogP contribution in [-0.4, -0.2) is 11.4 Å². The number of hydrogen-bond acceptors (Lipinski definition) is 2. The van der Waals surface area contributed by atoms with Gasteiger partial charge in [-0.15, -0.1) is 0 Å². The van der Waals surface area contributed by atoms with E-state index in [0.717, 1.165) is 5.56 Å². The van der Waals surface area contributed by atoms with Gasteiger partial charge in [-0.05, 0) is 31.2 Å². The monoisotopic (exact) mass is 192 g/mol. The van der Waals surface area contributed by atoms with E-state index in [2.05, 4.69) is 0 Å². The van der Waals surface area contributed by atoms with E-state index in [1.807, 2.05) is 32.9 Å². The third kappa shape index (κ3) is 3.90. The first-order valence-corrected chi connectivity index (χ1v) is 4.65. The number of aryl methyl sites for hydroxylation is 1. The van der Waals surface area contributed by atoms with E-state index in [1.54, 1.807) is 12.1 Å². The number of phenolic OH excluding ortho intramolecular Hbond substituents is 1. The van der Waals surface area contributed by atoms with Gasteiger partial charge in [0, 0.05) is 5.56 Å². The second-order valence-electron chi connectivity index (χ2n) is 2.56. The SMILES string of the molecule is CC.Cc1ccc(O)c(/C=C/C=O)c1. The Bertz CT molecular complexity index is 314. The average molecular weight is 192 g/mol. The van der Waals surface area contributed by atoms with Gasteiger partial charge in [0.15, 0.2) is 0 Å². The fourth-order valence-electron chi connectivity index (χ4n) is 0.950. The van der Waals surface area contributed by atoms with Crippen LogP contribution in [0.5, 0.6) is 5.75 Å². The van der Waals surface area contributed by atoms with Crippen molar-refractivity contribution in [2.45, 2.75) is 20.8 Å². The maximum absolute atomic E-state index is 10.0. The molecule has 0 aliphatic heterocycles. The molecule has 0 fully saturated rings. The molecule has 0 aromatic heterocycles. The van der Waals surface area contributed by atoms with Crippen molar-refractivity contribution in [2.75, 3.05) is 0 Å². The van der Waals surface area contributed by atoms with Gasteiger partial charge >= 0.3 is 0 Å². The summed E-state index contributed by atoms with van der Waals surface area (Å²) in [6, 6.07) is 5.24. The smallest absolute Gasteiger partial charge is 0.142 e. The van der Waals surface area contributed by atoms with Crippen LogP contribution in [0, 0.1) is 6.92 Å². The van der Waals surface area contributed by atoms with E-state index in [1.165, 1.54) is 6.08 Å². The number of carbonyl (C=O) groups excluding carboxylic acids is 1. The van der Waals surface area contributed by atoms with E-state index in [9.17, 15) is 9.90 Å². The topological polar surface area (TPSA) is 37.3 Å². The zero-order chi connectivity index (χ0) is 11.0. The minimum Gasteiger partial charge on any atom is -0.507 e. The molecule has 0 aliphatic rings. The summed E-state index contributed by atoms with van der Waals surface area (Å²) in [5.74, 6) is 0.193. The molecule has 0 heterocycles. The van der Waals surface area contributed by atoms with Crippen LogP contribution in [0.1, 0.15) is 25.0 Å². The maximum Gasteiger partial charge on any atom is 0.142 e. The summed E-state index contributed by atoms with van der Waals surface area (Å²) in [7, 11) is 0. The molecule has 0 aliphatic carbocycles. The molecule has 2 heteroatoms. The summed E-state index contributed by atoms with van der Waals surface area (Å²) in [5.41, 5.74) is 1.72. The van der Waals surface area contributed by atoms with Crippen molar-refractivity contribution in [1.82, 2.24) is 0 Å². The van der Waals surface area contributed by atoms with Gasteiger partial charge < -0.3 is 5.11 Å². The molecule has 0 atom stereocenters. The molecule has 1 rings (SSSR count). The summed E-state index contributed by atoms with van der Waals surface area (Å²) in [6.07, 6.45) is 3.62. The van der Waals surface area contributed by atoms with Crippen molar-refractivity contribution in [3.8, 4) is 5.75 Å². The van der Waals surface area contributed by atoms with Gasteiger partial charge in [0.2, 0.25) is 0 Å². The fraction of sp³-hybridized carbons (Fsp3) is 0.250. The first-order valence-electron chi connectivity index (χ1n) is 4.65. The lowest BCUT2D eigenvalue weighted by atomic mass is 10.1. The number of aromatic hydroxyl groups is 1. The van der Waals surface area contributed by atoms with Gasteiger partial charge in [0.25, 0.3) is 0 Å². The number of allylic oxidation sites excluding steroid dienone is 1. The van der Waals surface area contributed by atoms with Crippen LogP contribution in [0.25, 0.3) is 6.08 Å². The molecule has 1 aromatic rings. The Morgan fingerprint density at radius 2 is 1.93 bits per heavy atom. The minimum atomic E-state index is 0.193. The Hall–Kier alpha value is -1.57. The lowest BCUT2D eigenvalue weighted by Gasteiger charge is -1.98. The third-order valence-electron chi connectivity index (χ3n) is 1.54. The fourth-order valence-corrected chi connectivity index (χ4v) is 0.950. The normalized spacial score (nSPS) is 9.36. The third-order valence-corrected chi connectivity index (χ3v) is 1.54. The Morgan fingerprint density at radius 1 is 1.29 bits per heavy atom. The predicted octanol–water partition coefficient (Wildman–Crippen LogP) is 2.94. The average Bonchev–Trinajstić information content (AvgIpc) is 2.22. The highest BCUT2D eigenvalue weighted by Gasteiger charge is 1.95. The molecule has 0 saturated heterocycles. The van der Waals surface area contributed by atoms with Gasteiger partial charge in [-0.3, -0.25) is 4.79 Å². The van der Waals surface area contributed by atoms with Crippen molar-refractivity contribution in [3.63, 3.8) is 0 Å². The molecule has 0 saturated carbocycles. The maximum atomic E-state index is 10.0. The molecule has 0 bridgehead atoms. The highest BCUT2D eigenvalue weighted by atomic mass is 16.3. The molecule has 0 unspecified atom stereocenters. The van der Waals surface area contributed by atoms with E-state index in [4.69, 9.17) is 0 Å². The highest BCUT2D eigenvalue weighted by molar-refractivity contribution is 5.75. The lowest BCUT2D eigenvalue weighted by molar-refractivity contribution is -0.104. The first kappa shape index (κ1) is 12.4. The predicted molar refractivity (Wildman–Crippen MR) is 59.3 cm³/mol. The van der Waals surface area contributed by atoms with Crippen LogP contribution in [0.15, 0.2) is 24.3 Å². The van der Waals surface area contributed by atoms with Gasteiger partial charge in [-0.25, -0.2) is 0 Å². The minimum absolute atomic E-state index is 0.193. The van der Waals surface area contributed by atoms with Crippen LogP contribution in [-0.2, 0) is 4.79 Å². The number of aldehydes is 1. The summed E-state index contributed by atoms with van der Waals surface area (Å²) in [4.78, 5) is 10.0. The Morgan fingerprint density at radius 3 is 2.50 bits per heavy atom. The number of benzene rings is 1. The molecular formula is C12H16O2. The van der Waals surface area contributed by atoms with E-state index in [-0.39, 0.29) is 5.75 Å². The van der Waals surface area contributed by atoms with Crippen LogP contribution >= 0.6 is 0 Å². The molecule has 1 N–H and O–H groups in total. The van der Waals surface area contributed by atoms with Crippen LogP contribution in [0.4, 0.5) is 0 Å². The van der Waals surface area contributed by atoms with Crippen molar-refractivity contribution in [3.05, 3.63) is 35.4 Å². The largest absolute Gasteiger partial charge is 0.507 e. The van der Waals surface area contributed by atoms with E-state index in [0.29, 0.717) is 11.8 Å². The van der Waals surface area contributed by atoms with Gasteiger partial charge in [-0.1, -0.05) is 25.5 Å². The van der Waals surface area contributed by atoms with Gasteiger partial charge in [0.1, 0.15) is 12.0 Å². The molecule has 0 spiro atoms. The molecule has 14 heavy (non-hydrogen) atoms. The zero-order valence-corrected chi connectivity index (χ0v) is 8.82. The van der Waals surface area contributed by atoms with Crippen LogP contribution in [0.2, 0.25) is 0 Å². The molecule has 76 valence electrons. The van der Waals surface area contributed by atoms with Gasteiger partial charge in [-0.2, -0.15) is 0 Å². The second kappa shape index (κ2) is 6.89. The first-order chi connectivity index (χ1) is 6.74. The van der Waals surface area contributed by atoms with Crippen molar-refractivity contribution < 1.29 is 9.90 Å². The van der Waals surface area contributed by atoms with Gasteiger partial charge in [0.05, 0.1) is 0 Å². The molecular weight excluding hydrogens is 176 g/mol.